The van der Waals surface area contributed by atoms with Gasteiger partial charge in [-0.2, -0.15) is 0 Å². The summed E-state index contributed by atoms with van der Waals surface area (Å²) in [7, 11) is 0. The molecule has 1 aromatic carbocycles. The second-order valence-corrected chi connectivity index (χ2v) is 4.33. The van der Waals surface area contributed by atoms with Gasteiger partial charge in [0.25, 0.3) is 0 Å². The number of rotatable bonds is 5. The van der Waals surface area contributed by atoms with Crippen molar-refractivity contribution in [2.45, 2.75) is 25.3 Å². The highest BCUT2D eigenvalue weighted by Gasteiger charge is 2.21. The molecule has 0 bridgehead atoms. The molecule has 1 aromatic rings. The van der Waals surface area contributed by atoms with Crippen LogP contribution in [0.2, 0.25) is 0 Å². The van der Waals surface area contributed by atoms with Gasteiger partial charge in [-0.25, -0.2) is 0 Å². The van der Waals surface area contributed by atoms with Crippen molar-refractivity contribution in [3.8, 4) is 5.75 Å². The summed E-state index contributed by atoms with van der Waals surface area (Å²) < 4.78 is 10.6. The maximum Gasteiger partial charge on any atom is 0.323 e. The predicted molar refractivity (Wildman–Crippen MR) is 68.5 cm³/mol. The highest BCUT2D eigenvalue weighted by molar-refractivity contribution is 5.75. The molecule has 1 N–H and O–H groups in total. The fourth-order valence-electron chi connectivity index (χ4n) is 1.97. The maximum absolute atomic E-state index is 11.7. The molecule has 0 amide bonds. The van der Waals surface area contributed by atoms with Crippen LogP contribution in [0.5, 0.6) is 5.75 Å². The lowest BCUT2D eigenvalue weighted by atomic mass is 10.1. The molecule has 0 saturated carbocycles. The van der Waals surface area contributed by atoms with Crippen LogP contribution < -0.4 is 10.1 Å². The van der Waals surface area contributed by atoms with Crippen LogP contribution in [-0.4, -0.2) is 31.8 Å². The Bertz CT molecular complexity index is 361. The SMILES string of the molecule is O=C(OCCOc1ccccc1)C1CCCCN1. The molecule has 4 heteroatoms. The predicted octanol–water partition coefficient (Wildman–Crippen LogP) is 1.75. The van der Waals surface area contributed by atoms with E-state index in [2.05, 4.69) is 5.32 Å². The van der Waals surface area contributed by atoms with Gasteiger partial charge in [0.1, 0.15) is 25.0 Å². The minimum Gasteiger partial charge on any atom is -0.490 e. The van der Waals surface area contributed by atoms with Gasteiger partial charge in [0.05, 0.1) is 0 Å². The third-order valence-corrected chi connectivity index (χ3v) is 2.93. The standard InChI is InChI=1S/C14H19NO3/c16-14(13-8-4-5-9-15-13)18-11-10-17-12-6-2-1-3-7-12/h1-3,6-7,13,15H,4-5,8-11H2. The fraction of sp³-hybridized carbons (Fsp3) is 0.500. The van der Waals surface area contributed by atoms with Crippen LogP contribution in [0.4, 0.5) is 0 Å². The van der Waals surface area contributed by atoms with Crippen molar-refractivity contribution in [2.24, 2.45) is 0 Å². The van der Waals surface area contributed by atoms with E-state index in [0.717, 1.165) is 31.6 Å². The van der Waals surface area contributed by atoms with E-state index < -0.39 is 0 Å². The first kappa shape index (κ1) is 12.9. The Hall–Kier alpha value is -1.55. The molecule has 1 heterocycles. The molecule has 1 atom stereocenters. The number of carbonyl (C=O) groups excluding carboxylic acids is 1. The van der Waals surface area contributed by atoms with E-state index in [-0.39, 0.29) is 12.0 Å². The fourth-order valence-corrected chi connectivity index (χ4v) is 1.97. The minimum atomic E-state index is -0.161. The molecule has 4 nitrogen and oxygen atoms in total. The number of hydrogen-bond donors (Lipinski definition) is 1. The van der Waals surface area contributed by atoms with Crippen LogP contribution in [0.3, 0.4) is 0 Å². The highest BCUT2D eigenvalue weighted by Crippen LogP contribution is 2.09. The van der Waals surface area contributed by atoms with Gasteiger partial charge in [0.15, 0.2) is 0 Å². The number of para-hydroxylation sites is 1. The van der Waals surface area contributed by atoms with Gasteiger partial charge in [-0.3, -0.25) is 4.79 Å². The number of ether oxygens (including phenoxy) is 2. The molecular formula is C14H19NO3. The number of carbonyl (C=O) groups is 1. The first-order valence-electron chi connectivity index (χ1n) is 6.44. The van der Waals surface area contributed by atoms with Crippen molar-refractivity contribution in [1.29, 1.82) is 0 Å². The Morgan fingerprint density at radius 3 is 2.78 bits per heavy atom. The van der Waals surface area contributed by atoms with E-state index in [1.807, 2.05) is 30.3 Å². The van der Waals surface area contributed by atoms with Crippen molar-refractivity contribution in [2.75, 3.05) is 19.8 Å². The van der Waals surface area contributed by atoms with Crippen LogP contribution in [0.1, 0.15) is 19.3 Å². The number of benzene rings is 1. The third-order valence-electron chi connectivity index (χ3n) is 2.93. The molecule has 1 saturated heterocycles. The molecule has 0 spiro atoms. The zero-order valence-electron chi connectivity index (χ0n) is 10.4. The van der Waals surface area contributed by atoms with Crippen molar-refractivity contribution in [1.82, 2.24) is 5.32 Å². The molecule has 98 valence electrons. The summed E-state index contributed by atoms with van der Waals surface area (Å²) >= 11 is 0. The molecule has 1 fully saturated rings. The normalized spacial score (nSPS) is 19.2. The molecule has 2 rings (SSSR count). The Kier molecular flexibility index (Phi) is 5.02. The molecule has 1 aliphatic heterocycles. The average molecular weight is 249 g/mol. The summed E-state index contributed by atoms with van der Waals surface area (Å²) in [6.07, 6.45) is 3.10. The van der Waals surface area contributed by atoms with Crippen LogP contribution in [0, 0.1) is 0 Å². The highest BCUT2D eigenvalue weighted by atomic mass is 16.6. The molecule has 0 radical (unpaired) electrons. The minimum absolute atomic E-state index is 0.129. The lowest BCUT2D eigenvalue weighted by Crippen LogP contribution is -2.41. The average Bonchev–Trinajstić information content (AvgIpc) is 2.45. The van der Waals surface area contributed by atoms with Gasteiger partial charge in [-0.1, -0.05) is 24.6 Å². The van der Waals surface area contributed by atoms with Gasteiger partial charge in [0, 0.05) is 0 Å². The molecular weight excluding hydrogens is 230 g/mol. The van der Waals surface area contributed by atoms with Crippen molar-refractivity contribution < 1.29 is 14.3 Å². The number of nitrogens with one attached hydrogen (secondary N) is 1. The summed E-state index contributed by atoms with van der Waals surface area (Å²) in [5.74, 6) is 0.635. The summed E-state index contributed by atoms with van der Waals surface area (Å²) in [6, 6.07) is 9.38. The Labute approximate surface area is 107 Å². The van der Waals surface area contributed by atoms with Crippen LogP contribution in [0.15, 0.2) is 30.3 Å². The van der Waals surface area contributed by atoms with E-state index in [9.17, 15) is 4.79 Å². The zero-order chi connectivity index (χ0) is 12.6. The largest absolute Gasteiger partial charge is 0.490 e. The number of hydrogen-bond acceptors (Lipinski definition) is 4. The van der Waals surface area contributed by atoms with Crippen LogP contribution >= 0.6 is 0 Å². The van der Waals surface area contributed by atoms with Gasteiger partial charge in [-0.05, 0) is 31.5 Å². The van der Waals surface area contributed by atoms with E-state index in [1.165, 1.54) is 0 Å². The van der Waals surface area contributed by atoms with Gasteiger partial charge in [-0.15, -0.1) is 0 Å². The second kappa shape index (κ2) is 7.01. The Morgan fingerprint density at radius 2 is 2.06 bits per heavy atom. The first-order valence-corrected chi connectivity index (χ1v) is 6.44. The monoisotopic (exact) mass is 249 g/mol. The van der Waals surface area contributed by atoms with Gasteiger partial charge >= 0.3 is 5.97 Å². The lowest BCUT2D eigenvalue weighted by Gasteiger charge is -2.21. The molecule has 0 aromatic heterocycles. The summed E-state index contributed by atoms with van der Waals surface area (Å²) in [6.45, 7) is 1.59. The lowest BCUT2D eigenvalue weighted by molar-refractivity contribution is -0.147. The summed E-state index contributed by atoms with van der Waals surface area (Å²) in [5, 5.41) is 3.16. The van der Waals surface area contributed by atoms with Gasteiger partial charge < -0.3 is 14.8 Å². The molecule has 1 aliphatic rings. The van der Waals surface area contributed by atoms with Crippen molar-refractivity contribution in [3.05, 3.63) is 30.3 Å². The maximum atomic E-state index is 11.7. The Balaban J connectivity index is 1.61. The summed E-state index contributed by atoms with van der Waals surface area (Å²) in [4.78, 5) is 11.7. The quantitative estimate of drug-likeness (QED) is 0.638. The molecule has 0 aliphatic carbocycles. The smallest absolute Gasteiger partial charge is 0.323 e. The van der Waals surface area contributed by atoms with Crippen LogP contribution in [-0.2, 0) is 9.53 Å². The topological polar surface area (TPSA) is 47.6 Å². The molecule has 1 unspecified atom stereocenters. The number of esters is 1. The summed E-state index contributed by atoms with van der Waals surface area (Å²) in [5.41, 5.74) is 0. The van der Waals surface area contributed by atoms with Crippen LogP contribution in [0.25, 0.3) is 0 Å². The van der Waals surface area contributed by atoms with Crippen molar-refractivity contribution >= 4 is 5.97 Å². The van der Waals surface area contributed by atoms with Gasteiger partial charge in [0.2, 0.25) is 0 Å². The van der Waals surface area contributed by atoms with E-state index in [4.69, 9.17) is 9.47 Å². The van der Waals surface area contributed by atoms with E-state index in [0.29, 0.717) is 13.2 Å². The first-order chi connectivity index (χ1) is 8.86. The second-order valence-electron chi connectivity index (χ2n) is 4.33. The van der Waals surface area contributed by atoms with E-state index in [1.54, 1.807) is 0 Å². The van der Waals surface area contributed by atoms with E-state index >= 15 is 0 Å². The zero-order valence-corrected chi connectivity index (χ0v) is 10.4. The molecule has 18 heavy (non-hydrogen) atoms. The number of piperidine rings is 1. The Morgan fingerprint density at radius 1 is 1.22 bits per heavy atom. The third kappa shape index (κ3) is 4.04. The van der Waals surface area contributed by atoms with Crippen molar-refractivity contribution in [3.63, 3.8) is 0 Å².